The predicted octanol–water partition coefficient (Wildman–Crippen LogP) is 4.24. The summed E-state index contributed by atoms with van der Waals surface area (Å²) in [7, 11) is 1.91. The van der Waals surface area contributed by atoms with E-state index in [0.29, 0.717) is 0 Å². The molecule has 1 aromatic carbocycles. The summed E-state index contributed by atoms with van der Waals surface area (Å²) in [5.41, 5.74) is 4.94. The van der Waals surface area contributed by atoms with Crippen molar-refractivity contribution in [2.24, 2.45) is 0 Å². The quantitative estimate of drug-likeness (QED) is 0.590. The third kappa shape index (κ3) is 2.64. The first-order valence-electron chi connectivity index (χ1n) is 7.26. The molecule has 0 aliphatic rings. The van der Waals surface area contributed by atoms with Crippen molar-refractivity contribution in [1.82, 2.24) is 14.4 Å². The lowest BCUT2D eigenvalue weighted by Crippen LogP contribution is -1.92. The molecule has 6 heteroatoms. The summed E-state index contributed by atoms with van der Waals surface area (Å²) in [4.78, 5) is 9.08. The van der Waals surface area contributed by atoms with E-state index in [1.165, 1.54) is 0 Å². The molecule has 0 aliphatic carbocycles. The lowest BCUT2D eigenvalue weighted by Gasteiger charge is -2.04. The minimum atomic E-state index is 0.864. The Balaban J connectivity index is 1.61. The number of hydrogen-bond acceptors (Lipinski definition) is 5. The van der Waals surface area contributed by atoms with Gasteiger partial charge in [0.05, 0.1) is 11.9 Å². The molecule has 0 amide bonds. The molecule has 114 valence electrons. The van der Waals surface area contributed by atoms with Gasteiger partial charge in [-0.2, -0.15) is 0 Å². The van der Waals surface area contributed by atoms with Crippen LogP contribution in [0.1, 0.15) is 0 Å². The Bertz CT molecular complexity index is 939. The van der Waals surface area contributed by atoms with Crippen LogP contribution in [0.2, 0.25) is 0 Å². The molecule has 0 saturated heterocycles. The number of hydrogen-bond donors (Lipinski definition) is 2. The first-order valence-corrected chi connectivity index (χ1v) is 8.14. The lowest BCUT2D eigenvalue weighted by atomic mass is 10.3. The van der Waals surface area contributed by atoms with E-state index in [4.69, 9.17) is 0 Å². The molecule has 2 N–H and O–H groups in total. The van der Waals surface area contributed by atoms with Crippen molar-refractivity contribution in [1.29, 1.82) is 0 Å². The van der Waals surface area contributed by atoms with Crippen molar-refractivity contribution < 1.29 is 0 Å². The second-order valence-electron chi connectivity index (χ2n) is 5.06. The van der Waals surface area contributed by atoms with E-state index >= 15 is 0 Å². The molecule has 0 saturated carbocycles. The van der Waals surface area contributed by atoms with E-state index in [1.807, 2.05) is 71.7 Å². The average molecular weight is 321 g/mol. The maximum absolute atomic E-state index is 4.67. The van der Waals surface area contributed by atoms with Gasteiger partial charge >= 0.3 is 0 Å². The summed E-state index contributed by atoms with van der Waals surface area (Å²) >= 11 is 1.58. The van der Waals surface area contributed by atoms with E-state index in [1.54, 1.807) is 11.3 Å². The van der Waals surface area contributed by atoms with Crippen LogP contribution in [0.4, 0.5) is 16.5 Å². The predicted molar refractivity (Wildman–Crippen MR) is 95.6 cm³/mol. The monoisotopic (exact) mass is 321 g/mol. The first kappa shape index (κ1) is 13.8. The van der Waals surface area contributed by atoms with E-state index in [0.717, 1.165) is 33.5 Å². The van der Waals surface area contributed by atoms with Crippen molar-refractivity contribution in [3.8, 4) is 11.4 Å². The number of nitrogens with zero attached hydrogens (tertiary/aromatic N) is 3. The molecular weight excluding hydrogens is 306 g/mol. The van der Waals surface area contributed by atoms with Crippen molar-refractivity contribution in [2.75, 3.05) is 17.7 Å². The summed E-state index contributed by atoms with van der Waals surface area (Å²) in [5, 5.41) is 9.35. The second kappa shape index (κ2) is 5.73. The van der Waals surface area contributed by atoms with Gasteiger partial charge in [-0.1, -0.05) is 6.07 Å². The number of aromatic nitrogens is 3. The number of benzene rings is 1. The van der Waals surface area contributed by atoms with Crippen LogP contribution in [0.25, 0.3) is 17.0 Å². The molecule has 0 radical (unpaired) electrons. The minimum Gasteiger partial charge on any atom is -0.388 e. The fourth-order valence-corrected chi connectivity index (χ4v) is 3.14. The summed E-state index contributed by atoms with van der Waals surface area (Å²) in [6.45, 7) is 0. The van der Waals surface area contributed by atoms with E-state index < -0.39 is 0 Å². The maximum Gasteiger partial charge on any atom is 0.187 e. The zero-order chi connectivity index (χ0) is 15.6. The zero-order valence-electron chi connectivity index (χ0n) is 12.5. The van der Waals surface area contributed by atoms with E-state index in [2.05, 4.69) is 20.6 Å². The molecule has 0 unspecified atom stereocenters. The number of rotatable bonds is 4. The minimum absolute atomic E-state index is 0.864. The molecule has 3 heterocycles. The van der Waals surface area contributed by atoms with Crippen molar-refractivity contribution in [3.63, 3.8) is 0 Å². The molecule has 0 fully saturated rings. The number of thiazole rings is 1. The molecule has 0 bridgehead atoms. The van der Waals surface area contributed by atoms with E-state index in [9.17, 15) is 0 Å². The fourth-order valence-electron chi connectivity index (χ4n) is 2.41. The summed E-state index contributed by atoms with van der Waals surface area (Å²) in [6.07, 6.45) is 3.86. The molecule has 0 spiro atoms. The normalized spacial score (nSPS) is 10.8. The highest BCUT2D eigenvalue weighted by Gasteiger charge is 2.09. The Morgan fingerprint density at radius 3 is 2.70 bits per heavy atom. The van der Waals surface area contributed by atoms with Gasteiger partial charge in [0.1, 0.15) is 11.3 Å². The lowest BCUT2D eigenvalue weighted by molar-refractivity contribution is 1.18. The Morgan fingerprint density at radius 1 is 1.04 bits per heavy atom. The number of pyridine rings is 1. The largest absolute Gasteiger partial charge is 0.388 e. The SMILES string of the molecule is CNc1ccc(Nc2nc(-c3cnc4ccccn34)cs2)cc1. The summed E-state index contributed by atoms with van der Waals surface area (Å²) in [5.74, 6) is 0. The molecule has 23 heavy (non-hydrogen) atoms. The van der Waals surface area contributed by atoms with Crippen LogP contribution in [0.5, 0.6) is 0 Å². The van der Waals surface area contributed by atoms with Gasteiger partial charge in [-0.3, -0.25) is 4.40 Å². The molecule has 0 aliphatic heterocycles. The summed E-state index contributed by atoms with van der Waals surface area (Å²) < 4.78 is 2.04. The van der Waals surface area contributed by atoms with Gasteiger partial charge in [-0.05, 0) is 36.4 Å². The van der Waals surface area contributed by atoms with Crippen molar-refractivity contribution in [3.05, 3.63) is 60.2 Å². The topological polar surface area (TPSA) is 54.2 Å². The van der Waals surface area contributed by atoms with Crippen LogP contribution < -0.4 is 10.6 Å². The molecule has 5 nitrogen and oxygen atoms in total. The Hall–Kier alpha value is -2.86. The smallest absolute Gasteiger partial charge is 0.187 e. The highest BCUT2D eigenvalue weighted by Crippen LogP contribution is 2.28. The first-order chi connectivity index (χ1) is 11.3. The van der Waals surface area contributed by atoms with Crippen LogP contribution in [0.15, 0.2) is 60.2 Å². The maximum atomic E-state index is 4.67. The van der Waals surface area contributed by atoms with Crippen LogP contribution >= 0.6 is 11.3 Å². The van der Waals surface area contributed by atoms with Crippen LogP contribution in [0, 0.1) is 0 Å². The Kier molecular flexibility index (Phi) is 3.44. The number of nitrogens with one attached hydrogen (secondary N) is 2. The zero-order valence-corrected chi connectivity index (χ0v) is 13.3. The van der Waals surface area contributed by atoms with Gasteiger partial charge in [0.25, 0.3) is 0 Å². The van der Waals surface area contributed by atoms with E-state index in [-0.39, 0.29) is 0 Å². The Morgan fingerprint density at radius 2 is 1.87 bits per heavy atom. The standard InChI is InChI=1S/C17H15N5S/c1-18-12-5-7-13(8-6-12)20-17-21-14(11-23-17)15-10-19-16-4-2-3-9-22(15)16/h2-11,18H,1H3,(H,20,21). The van der Waals surface area contributed by atoms with Crippen LogP contribution in [-0.4, -0.2) is 21.4 Å². The van der Waals surface area contributed by atoms with Gasteiger partial charge in [-0.15, -0.1) is 11.3 Å². The molecule has 3 aromatic heterocycles. The number of imidazole rings is 1. The number of anilines is 3. The third-order valence-electron chi connectivity index (χ3n) is 3.61. The van der Waals surface area contributed by atoms with Gasteiger partial charge in [-0.25, -0.2) is 9.97 Å². The third-order valence-corrected chi connectivity index (χ3v) is 4.37. The van der Waals surface area contributed by atoms with Crippen molar-refractivity contribution >= 4 is 33.5 Å². The average Bonchev–Trinajstić information content (AvgIpc) is 3.22. The Labute approximate surface area is 137 Å². The highest BCUT2D eigenvalue weighted by molar-refractivity contribution is 7.14. The van der Waals surface area contributed by atoms with Gasteiger partial charge in [0, 0.05) is 30.0 Å². The highest BCUT2D eigenvalue weighted by atomic mass is 32.1. The summed E-state index contributed by atoms with van der Waals surface area (Å²) in [6, 6.07) is 14.1. The molecular formula is C17H15N5S. The van der Waals surface area contributed by atoms with Crippen LogP contribution in [0.3, 0.4) is 0 Å². The second-order valence-corrected chi connectivity index (χ2v) is 5.92. The molecule has 4 rings (SSSR count). The van der Waals surface area contributed by atoms with Gasteiger partial charge < -0.3 is 10.6 Å². The van der Waals surface area contributed by atoms with Gasteiger partial charge in [0.15, 0.2) is 5.13 Å². The van der Waals surface area contributed by atoms with Gasteiger partial charge in [0.2, 0.25) is 0 Å². The van der Waals surface area contributed by atoms with Crippen LogP contribution in [-0.2, 0) is 0 Å². The molecule has 4 aromatic rings. The fraction of sp³-hybridized carbons (Fsp3) is 0.0588. The molecule has 0 atom stereocenters. The number of fused-ring (bicyclic) bond motifs is 1. The van der Waals surface area contributed by atoms with Crippen molar-refractivity contribution in [2.45, 2.75) is 0 Å².